The lowest BCUT2D eigenvalue weighted by atomic mass is 9.88. The number of hydrogen-bond acceptors (Lipinski definition) is 5. The summed E-state index contributed by atoms with van der Waals surface area (Å²) in [6.45, 7) is 2.78. The molecule has 9 heteroatoms. The summed E-state index contributed by atoms with van der Waals surface area (Å²) >= 11 is 0. The second kappa shape index (κ2) is 12.5. The number of imidazole rings is 1. The fraction of sp³-hybridized carbons (Fsp3) is 0.370. The van der Waals surface area contributed by atoms with Gasteiger partial charge < -0.3 is 15.2 Å². The van der Waals surface area contributed by atoms with Crippen LogP contribution in [-0.4, -0.2) is 34.8 Å². The Morgan fingerprint density at radius 2 is 1.86 bits per heavy atom. The standard InChI is InChI=1S/C26H29N5O2.CH3NO/c1-3-15-31-23-14-13-21(30(2)25(33)20-7-5-4-6-8-20)16-22(23)28-26(31)29-24(32)19-11-9-18(17-27)10-12-19;2-1-3/h9-14,16,20H,3-8,15H2,1-2H3,(H,28,29,32);1H,(H2,2,3). The number of amides is 3. The van der Waals surface area contributed by atoms with Gasteiger partial charge in [-0.15, -0.1) is 0 Å². The molecule has 9 nitrogen and oxygen atoms in total. The molecule has 1 saturated carbocycles. The van der Waals surface area contributed by atoms with Crippen LogP contribution in [0.15, 0.2) is 42.5 Å². The van der Waals surface area contributed by atoms with Crippen LogP contribution in [0, 0.1) is 17.2 Å². The zero-order valence-electron chi connectivity index (χ0n) is 20.7. The van der Waals surface area contributed by atoms with Gasteiger partial charge in [0, 0.05) is 30.8 Å². The summed E-state index contributed by atoms with van der Waals surface area (Å²) < 4.78 is 1.99. The highest BCUT2D eigenvalue weighted by Gasteiger charge is 2.25. The molecule has 0 aliphatic heterocycles. The van der Waals surface area contributed by atoms with Crippen molar-refractivity contribution in [3.63, 3.8) is 0 Å². The molecule has 1 aliphatic rings. The maximum absolute atomic E-state index is 13.0. The summed E-state index contributed by atoms with van der Waals surface area (Å²) in [5.41, 5.74) is 7.59. The first-order chi connectivity index (χ1) is 17.4. The SMILES string of the molecule is CCCn1c(NC(=O)c2ccc(C#N)cc2)nc2cc(N(C)C(=O)C3CCCCC3)ccc21.NC=O. The van der Waals surface area contributed by atoms with Crippen LogP contribution in [0.5, 0.6) is 0 Å². The Bertz CT molecular complexity index is 1250. The smallest absolute Gasteiger partial charge is 0.257 e. The molecule has 4 rings (SSSR count). The van der Waals surface area contributed by atoms with E-state index in [0.29, 0.717) is 23.6 Å². The topological polar surface area (TPSA) is 134 Å². The van der Waals surface area contributed by atoms with E-state index in [4.69, 9.17) is 10.1 Å². The number of fused-ring (bicyclic) bond motifs is 1. The number of rotatable bonds is 6. The van der Waals surface area contributed by atoms with Crippen LogP contribution >= 0.6 is 0 Å². The molecule has 1 aromatic heterocycles. The number of aryl methyl sites for hydroxylation is 1. The number of carbonyl (C=O) groups is 3. The third-order valence-corrected chi connectivity index (χ3v) is 6.35. The first-order valence-electron chi connectivity index (χ1n) is 12.2. The van der Waals surface area contributed by atoms with Crippen molar-refractivity contribution in [2.24, 2.45) is 11.7 Å². The number of nitrogens with two attached hydrogens (primary N) is 1. The number of nitrogens with one attached hydrogen (secondary N) is 1. The van der Waals surface area contributed by atoms with E-state index in [-0.39, 0.29) is 24.1 Å². The van der Waals surface area contributed by atoms with Crippen molar-refractivity contribution >= 4 is 40.9 Å². The molecule has 1 heterocycles. The average Bonchev–Trinajstić information content (AvgIpc) is 3.25. The summed E-state index contributed by atoms with van der Waals surface area (Å²) in [6, 6.07) is 14.4. The van der Waals surface area contributed by atoms with E-state index in [9.17, 15) is 9.59 Å². The summed E-state index contributed by atoms with van der Waals surface area (Å²) in [7, 11) is 1.83. The van der Waals surface area contributed by atoms with Crippen molar-refractivity contribution in [2.75, 3.05) is 17.3 Å². The number of primary amides is 1. The molecule has 0 bridgehead atoms. The van der Waals surface area contributed by atoms with Crippen molar-refractivity contribution in [3.05, 3.63) is 53.6 Å². The van der Waals surface area contributed by atoms with E-state index < -0.39 is 0 Å². The van der Waals surface area contributed by atoms with Gasteiger partial charge in [-0.2, -0.15) is 5.26 Å². The van der Waals surface area contributed by atoms with Gasteiger partial charge >= 0.3 is 0 Å². The number of benzene rings is 2. The maximum Gasteiger partial charge on any atom is 0.257 e. The minimum absolute atomic E-state index is 0.0966. The fourth-order valence-corrected chi connectivity index (χ4v) is 4.49. The Kier molecular flexibility index (Phi) is 9.17. The largest absolute Gasteiger partial charge is 0.372 e. The number of carbonyl (C=O) groups excluding carboxylic acids is 3. The van der Waals surface area contributed by atoms with Gasteiger partial charge in [-0.25, -0.2) is 4.98 Å². The molecule has 0 radical (unpaired) electrons. The molecular formula is C27H32N6O3. The summed E-state index contributed by atoms with van der Waals surface area (Å²) in [5, 5.41) is 11.9. The van der Waals surface area contributed by atoms with Crippen LogP contribution in [-0.2, 0) is 16.1 Å². The van der Waals surface area contributed by atoms with Gasteiger partial charge in [0.05, 0.1) is 22.7 Å². The van der Waals surface area contributed by atoms with Crippen LogP contribution in [0.25, 0.3) is 11.0 Å². The highest BCUT2D eigenvalue weighted by Crippen LogP contribution is 2.29. The first kappa shape index (κ1) is 26.4. The van der Waals surface area contributed by atoms with Crippen LogP contribution in [0.4, 0.5) is 11.6 Å². The molecule has 0 unspecified atom stereocenters. The van der Waals surface area contributed by atoms with Gasteiger partial charge in [0.15, 0.2) is 0 Å². The van der Waals surface area contributed by atoms with Crippen molar-refractivity contribution in [1.82, 2.24) is 9.55 Å². The summed E-state index contributed by atoms with van der Waals surface area (Å²) in [6.07, 6.45) is 6.50. The number of nitriles is 1. The third kappa shape index (κ3) is 6.08. The number of hydrogen-bond donors (Lipinski definition) is 2. The fourth-order valence-electron chi connectivity index (χ4n) is 4.49. The zero-order chi connectivity index (χ0) is 26.1. The maximum atomic E-state index is 13.0. The van der Waals surface area contributed by atoms with E-state index in [1.54, 1.807) is 29.2 Å². The van der Waals surface area contributed by atoms with Crippen molar-refractivity contribution < 1.29 is 14.4 Å². The van der Waals surface area contributed by atoms with Crippen molar-refractivity contribution in [1.29, 1.82) is 5.26 Å². The van der Waals surface area contributed by atoms with E-state index in [0.717, 1.165) is 48.8 Å². The van der Waals surface area contributed by atoms with Gasteiger partial charge in [-0.3, -0.25) is 19.7 Å². The average molecular weight is 489 g/mol. The zero-order valence-corrected chi connectivity index (χ0v) is 20.7. The molecule has 3 N–H and O–H groups in total. The highest BCUT2D eigenvalue weighted by atomic mass is 16.2. The van der Waals surface area contributed by atoms with Gasteiger partial charge in [-0.1, -0.05) is 26.2 Å². The quantitative estimate of drug-likeness (QED) is 0.501. The second-order valence-electron chi connectivity index (χ2n) is 8.77. The van der Waals surface area contributed by atoms with Crippen LogP contribution in [0.2, 0.25) is 0 Å². The lowest BCUT2D eigenvalue weighted by molar-refractivity contribution is -0.123. The molecule has 1 fully saturated rings. The molecule has 0 atom stereocenters. The summed E-state index contributed by atoms with van der Waals surface area (Å²) in [5.74, 6) is 0.451. The van der Waals surface area contributed by atoms with E-state index >= 15 is 0 Å². The second-order valence-corrected chi connectivity index (χ2v) is 8.77. The van der Waals surface area contributed by atoms with Gasteiger partial charge in [-0.05, 0) is 61.7 Å². The Morgan fingerprint density at radius 1 is 1.19 bits per heavy atom. The predicted octanol–water partition coefficient (Wildman–Crippen LogP) is 4.21. The lowest BCUT2D eigenvalue weighted by Crippen LogP contribution is -2.33. The lowest BCUT2D eigenvalue weighted by Gasteiger charge is -2.26. The molecule has 1 aliphatic carbocycles. The van der Waals surface area contributed by atoms with E-state index in [2.05, 4.69) is 29.0 Å². The molecule has 3 amide bonds. The monoisotopic (exact) mass is 488 g/mol. The Hall–Kier alpha value is -4.19. The number of nitrogens with zero attached hydrogens (tertiary/aromatic N) is 4. The van der Waals surface area contributed by atoms with Crippen molar-refractivity contribution in [3.8, 4) is 6.07 Å². The minimum atomic E-state index is -0.281. The molecule has 0 spiro atoms. The molecule has 3 aromatic rings. The molecule has 36 heavy (non-hydrogen) atoms. The predicted molar refractivity (Wildman–Crippen MR) is 139 cm³/mol. The molecular weight excluding hydrogens is 456 g/mol. The first-order valence-corrected chi connectivity index (χ1v) is 12.2. The third-order valence-electron chi connectivity index (χ3n) is 6.35. The van der Waals surface area contributed by atoms with Crippen LogP contribution in [0.1, 0.15) is 61.4 Å². The Morgan fingerprint density at radius 3 is 2.47 bits per heavy atom. The molecule has 188 valence electrons. The highest BCUT2D eigenvalue weighted by molar-refractivity contribution is 6.04. The normalized spacial score (nSPS) is 13.2. The Balaban J connectivity index is 0.00000115. The number of anilines is 2. The number of aromatic nitrogens is 2. The van der Waals surface area contributed by atoms with E-state index in [1.807, 2.05) is 29.8 Å². The van der Waals surface area contributed by atoms with Gasteiger partial charge in [0.2, 0.25) is 18.3 Å². The molecule has 2 aromatic carbocycles. The van der Waals surface area contributed by atoms with Gasteiger partial charge in [0.1, 0.15) is 0 Å². The Labute approximate surface area is 210 Å². The van der Waals surface area contributed by atoms with Gasteiger partial charge in [0.25, 0.3) is 5.91 Å². The van der Waals surface area contributed by atoms with Crippen LogP contribution < -0.4 is 16.0 Å². The van der Waals surface area contributed by atoms with Crippen LogP contribution in [0.3, 0.4) is 0 Å². The summed E-state index contributed by atoms with van der Waals surface area (Å²) in [4.78, 5) is 40.8. The van der Waals surface area contributed by atoms with Crippen molar-refractivity contribution in [2.45, 2.75) is 52.0 Å². The minimum Gasteiger partial charge on any atom is -0.372 e. The van der Waals surface area contributed by atoms with E-state index in [1.165, 1.54) is 6.42 Å². The molecule has 0 saturated heterocycles.